The molecule has 0 fully saturated rings. The van der Waals surface area contributed by atoms with Crippen molar-refractivity contribution in [3.8, 4) is 0 Å². The number of hydrogen-bond acceptors (Lipinski definition) is 5. The van der Waals surface area contributed by atoms with Crippen LogP contribution >= 0.6 is 23.1 Å². The molecule has 8 heteroatoms. The van der Waals surface area contributed by atoms with E-state index in [9.17, 15) is 13.2 Å². The van der Waals surface area contributed by atoms with E-state index in [1.54, 1.807) is 6.20 Å². The molecule has 0 bridgehead atoms. The minimum atomic E-state index is -2.25. The highest BCUT2D eigenvalue weighted by Gasteiger charge is 2.06. The Morgan fingerprint density at radius 1 is 1.59 bits per heavy atom. The molecule has 1 aromatic rings. The fraction of sp³-hybridized carbons (Fsp3) is 0.333. The first-order valence-electron chi connectivity index (χ1n) is 4.48. The van der Waals surface area contributed by atoms with E-state index in [1.807, 2.05) is 0 Å². The minimum absolute atomic E-state index is 0.220. The Kier molecular flexibility index (Phi) is 6.06. The fourth-order valence-corrected chi connectivity index (χ4v) is 2.69. The molecule has 17 heavy (non-hydrogen) atoms. The molecule has 1 heterocycles. The highest BCUT2D eigenvalue weighted by Crippen LogP contribution is 2.26. The summed E-state index contributed by atoms with van der Waals surface area (Å²) in [5, 5.41) is 3.56. The second kappa shape index (κ2) is 7.33. The monoisotopic (exact) mass is 282 g/mol. The van der Waals surface area contributed by atoms with Gasteiger partial charge in [0.15, 0.2) is 5.83 Å². The number of hydrogen-bond donors (Lipinski definition) is 0. The van der Waals surface area contributed by atoms with Crippen LogP contribution in [0.3, 0.4) is 0 Å². The van der Waals surface area contributed by atoms with Crippen molar-refractivity contribution in [1.82, 2.24) is 4.98 Å². The quantitative estimate of drug-likeness (QED) is 0.453. The minimum Gasteiger partial charge on any atom is -0.399 e. The van der Waals surface area contributed by atoms with Gasteiger partial charge in [0.05, 0.1) is 11.1 Å². The van der Waals surface area contributed by atoms with Crippen molar-refractivity contribution in [3.63, 3.8) is 0 Å². The van der Waals surface area contributed by atoms with Crippen LogP contribution in [0, 0.1) is 0 Å². The van der Waals surface area contributed by atoms with Gasteiger partial charge in [0.1, 0.15) is 11.4 Å². The number of thioether (sulfide) groups is 1. The summed E-state index contributed by atoms with van der Waals surface area (Å²) in [4.78, 5) is 9.30. The fourth-order valence-electron chi connectivity index (χ4n) is 0.823. The van der Waals surface area contributed by atoms with Crippen LogP contribution in [0.4, 0.5) is 13.2 Å². The lowest BCUT2D eigenvalue weighted by molar-refractivity contribution is 0.215. The van der Waals surface area contributed by atoms with Crippen LogP contribution < -0.4 is 0 Å². The zero-order chi connectivity index (χ0) is 12.7. The highest BCUT2D eigenvalue weighted by molar-refractivity contribution is 8.01. The summed E-state index contributed by atoms with van der Waals surface area (Å²) < 4.78 is 36.6. The van der Waals surface area contributed by atoms with E-state index in [4.69, 9.17) is 0 Å². The molecule has 1 aromatic heterocycles. The van der Waals surface area contributed by atoms with Gasteiger partial charge in [-0.05, 0) is 0 Å². The number of thiazole rings is 1. The van der Waals surface area contributed by atoms with Crippen molar-refractivity contribution >= 4 is 29.3 Å². The Bertz CT molecular complexity index is 416. The zero-order valence-corrected chi connectivity index (χ0v) is 10.5. The molecule has 0 spiro atoms. The molecule has 94 valence electrons. The third kappa shape index (κ3) is 5.22. The van der Waals surface area contributed by atoms with E-state index in [1.165, 1.54) is 36.4 Å². The summed E-state index contributed by atoms with van der Waals surface area (Å²) in [7, 11) is 1.42. The molecular weight excluding hydrogens is 273 g/mol. The molecule has 0 unspecified atom stereocenters. The zero-order valence-electron chi connectivity index (χ0n) is 8.82. The van der Waals surface area contributed by atoms with Gasteiger partial charge in [0, 0.05) is 18.4 Å². The SMILES string of the molecule is CO/N=C\c1cnc(SCCC(F)=C(F)F)s1. The number of nitrogens with zero attached hydrogens (tertiary/aromatic N) is 2. The predicted molar refractivity (Wildman–Crippen MR) is 62.4 cm³/mol. The van der Waals surface area contributed by atoms with Crippen molar-refractivity contribution < 1.29 is 18.0 Å². The maximum absolute atomic E-state index is 12.5. The Morgan fingerprint density at radius 2 is 2.35 bits per heavy atom. The second-order valence-corrected chi connectivity index (χ2v) is 5.11. The second-order valence-electron chi connectivity index (χ2n) is 2.71. The molecule has 3 nitrogen and oxygen atoms in total. The van der Waals surface area contributed by atoms with E-state index in [0.29, 0.717) is 4.34 Å². The van der Waals surface area contributed by atoms with E-state index >= 15 is 0 Å². The van der Waals surface area contributed by atoms with Gasteiger partial charge in [-0.1, -0.05) is 16.9 Å². The van der Waals surface area contributed by atoms with Crippen molar-refractivity contribution in [3.05, 3.63) is 23.0 Å². The number of halogens is 3. The van der Waals surface area contributed by atoms with Gasteiger partial charge in [0.2, 0.25) is 0 Å². The molecule has 0 amide bonds. The Balaban J connectivity index is 2.40. The molecule has 1 rings (SSSR count). The molecule has 0 atom stereocenters. The lowest BCUT2D eigenvalue weighted by Gasteiger charge is -1.94. The van der Waals surface area contributed by atoms with Gasteiger partial charge in [-0.2, -0.15) is 8.78 Å². The van der Waals surface area contributed by atoms with E-state index in [2.05, 4.69) is 15.0 Å². The Morgan fingerprint density at radius 3 is 3.00 bits per heavy atom. The standard InChI is InChI=1S/C9H9F3N2OS2/c1-15-14-5-6-4-13-9(17-6)16-3-2-7(10)8(11)12/h4-5H,2-3H2,1H3/b14-5-. The van der Waals surface area contributed by atoms with E-state index in [0.717, 1.165) is 4.88 Å². The molecule has 0 aliphatic rings. The number of rotatable bonds is 6. The lowest BCUT2D eigenvalue weighted by atomic mass is 10.4. The van der Waals surface area contributed by atoms with Gasteiger partial charge in [-0.25, -0.2) is 9.37 Å². The first-order valence-corrected chi connectivity index (χ1v) is 6.28. The van der Waals surface area contributed by atoms with Crippen LogP contribution in [-0.2, 0) is 4.84 Å². The average molecular weight is 282 g/mol. The van der Waals surface area contributed by atoms with Gasteiger partial charge in [-0.15, -0.1) is 11.3 Å². The molecule has 0 aliphatic heterocycles. The Hall–Kier alpha value is -1.02. The van der Waals surface area contributed by atoms with Gasteiger partial charge in [-0.3, -0.25) is 0 Å². The van der Waals surface area contributed by atoms with Crippen LogP contribution in [0.1, 0.15) is 11.3 Å². The summed E-state index contributed by atoms with van der Waals surface area (Å²) in [6.45, 7) is 0. The summed E-state index contributed by atoms with van der Waals surface area (Å²) in [5.41, 5.74) is 0. The number of aromatic nitrogens is 1. The normalized spacial score (nSPS) is 10.8. The van der Waals surface area contributed by atoms with Gasteiger partial charge < -0.3 is 4.84 Å². The van der Waals surface area contributed by atoms with Crippen molar-refractivity contribution in [1.29, 1.82) is 0 Å². The third-order valence-corrected chi connectivity index (χ3v) is 3.63. The summed E-state index contributed by atoms with van der Waals surface area (Å²) in [5.74, 6) is -1.15. The maximum atomic E-state index is 12.5. The largest absolute Gasteiger partial charge is 0.399 e. The van der Waals surface area contributed by atoms with E-state index < -0.39 is 11.9 Å². The number of oxime groups is 1. The molecule has 0 radical (unpaired) electrons. The summed E-state index contributed by atoms with van der Waals surface area (Å²) >= 11 is 2.55. The maximum Gasteiger partial charge on any atom is 0.301 e. The van der Waals surface area contributed by atoms with Crippen LogP contribution in [0.15, 0.2) is 27.6 Å². The predicted octanol–water partition coefficient (Wildman–Crippen LogP) is 3.68. The molecule has 0 N–H and O–H groups in total. The summed E-state index contributed by atoms with van der Waals surface area (Å²) in [6.07, 6.45) is 0.521. The first-order chi connectivity index (χ1) is 8.13. The third-order valence-electron chi connectivity index (χ3n) is 1.54. The molecule has 0 aromatic carbocycles. The van der Waals surface area contributed by atoms with Crippen LogP contribution in [0.2, 0.25) is 0 Å². The highest BCUT2D eigenvalue weighted by atomic mass is 32.2. The van der Waals surface area contributed by atoms with Crippen LogP contribution in [-0.4, -0.2) is 24.1 Å². The van der Waals surface area contributed by atoms with E-state index in [-0.39, 0.29) is 12.2 Å². The van der Waals surface area contributed by atoms with Crippen molar-refractivity contribution in [2.75, 3.05) is 12.9 Å². The van der Waals surface area contributed by atoms with Crippen LogP contribution in [0.5, 0.6) is 0 Å². The van der Waals surface area contributed by atoms with Gasteiger partial charge in [0.25, 0.3) is 0 Å². The smallest absolute Gasteiger partial charge is 0.301 e. The summed E-state index contributed by atoms with van der Waals surface area (Å²) in [6, 6.07) is 0. The average Bonchev–Trinajstić information content (AvgIpc) is 2.74. The Labute approximate surface area is 104 Å². The molecular formula is C9H9F3N2OS2. The van der Waals surface area contributed by atoms with Gasteiger partial charge >= 0.3 is 6.08 Å². The molecule has 0 saturated heterocycles. The molecule has 0 saturated carbocycles. The van der Waals surface area contributed by atoms with Crippen LogP contribution in [0.25, 0.3) is 0 Å². The lowest BCUT2D eigenvalue weighted by Crippen LogP contribution is -1.81. The topological polar surface area (TPSA) is 34.5 Å². The van der Waals surface area contributed by atoms with Crippen molar-refractivity contribution in [2.45, 2.75) is 10.8 Å². The number of allylic oxidation sites excluding steroid dienone is 1. The van der Waals surface area contributed by atoms with Crippen molar-refractivity contribution in [2.24, 2.45) is 5.16 Å². The molecule has 0 aliphatic carbocycles. The first kappa shape index (κ1) is 14.0.